The Labute approximate surface area is 103 Å². The van der Waals surface area contributed by atoms with Gasteiger partial charge in [0.2, 0.25) is 11.8 Å². The Morgan fingerprint density at radius 3 is 2.83 bits per heavy atom. The van der Waals surface area contributed by atoms with Gasteiger partial charge in [0.15, 0.2) is 5.75 Å². The van der Waals surface area contributed by atoms with Gasteiger partial charge in [-0.2, -0.15) is 8.42 Å². The lowest BCUT2D eigenvalue weighted by Crippen LogP contribution is -2.01. The van der Waals surface area contributed by atoms with Crippen molar-refractivity contribution in [1.82, 2.24) is 10.2 Å². The number of methoxy groups -OCH3 is 1. The monoisotopic (exact) mass is 270 g/mol. The van der Waals surface area contributed by atoms with Crippen molar-refractivity contribution < 1.29 is 22.1 Å². The van der Waals surface area contributed by atoms with E-state index in [2.05, 4.69) is 10.2 Å². The molecular formula is C10H10N2O5S. The molecule has 7 nitrogen and oxygen atoms in total. The Morgan fingerprint density at radius 2 is 2.17 bits per heavy atom. The van der Waals surface area contributed by atoms with Crippen LogP contribution in [-0.4, -0.2) is 30.3 Å². The molecule has 0 saturated carbocycles. The smallest absolute Gasteiger partial charge is 0.273 e. The molecule has 96 valence electrons. The third-order valence-electron chi connectivity index (χ3n) is 2.09. The fourth-order valence-electron chi connectivity index (χ4n) is 1.34. The van der Waals surface area contributed by atoms with E-state index < -0.39 is 15.9 Å². The molecule has 8 heteroatoms. The Morgan fingerprint density at radius 1 is 1.39 bits per heavy atom. The fraction of sp³-hybridized carbons (Fsp3) is 0.200. The Kier molecular flexibility index (Phi) is 3.30. The number of benzene rings is 1. The van der Waals surface area contributed by atoms with E-state index in [0.29, 0.717) is 11.3 Å². The fourth-order valence-corrected chi connectivity index (χ4v) is 1.77. The number of ether oxygens (including phenoxy) is 1. The van der Waals surface area contributed by atoms with E-state index in [-0.39, 0.29) is 11.8 Å². The minimum absolute atomic E-state index is 0.160. The molecule has 0 aliphatic heterocycles. The number of aromatic nitrogens is 2. The van der Waals surface area contributed by atoms with Gasteiger partial charge in [0.1, 0.15) is 5.75 Å². The molecule has 0 saturated heterocycles. The molecule has 2 rings (SSSR count). The second-order valence-corrected chi connectivity index (χ2v) is 4.91. The highest BCUT2D eigenvalue weighted by molar-refractivity contribution is 7.84. The molecule has 18 heavy (non-hydrogen) atoms. The Hall–Kier alpha value is -1.93. The summed E-state index contributed by atoms with van der Waals surface area (Å²) < 4.78 is 40.1. The van der Waals surface area contributed by atoms with Crippen LogP contribution in [-0.2, 0) is 15.9 Å². The number of nitrogens with zero attached hydrogens (tertiary/aromatic N) is 2. The number of rotatable bonds is 4. The molecule has 0 amide bonds. The highest BCUT2D eigenvalue weighted by atomic mass is 32.2. The van der Waals surface area contributed by atoms with Crippen molar-refractivity contribution in [2.45, 2.75) is 5.75 Å². The standard InChI is InChI=1S/C10H10N2O5S/c1-16-8-4-2-3-7(5-8)10-12-11-9(17-10)6-18(13,14)15/h2-5H,6H2,1H3,(H,13,14,15). The summed E-state index contributed by atoms with van der Waals surface area (Å²) in [6.07, 6.45) is 0. The van der Waals surface area contributed by atoms with E-state index in [4.69, 9.17) is 13.7 Å². The van der Waals surface area contributed by atoms with Gasteiger partial charge in [-0.15, -0.1) is 10.2 Å². The molecular weight excluding hydrogens is 260 g/mol. The molecule has 0 fully saturated rings. The van der Waals surface area contributed by atoms with Crippen LogP contribution >= 0.6 is 0 Å². The first-order valence-corrected chi connectivity index (χ1v) is 6.51. The van der Waals surface area contributed by atoms with Crippen LogP contribution in [0.2, 0.25) is 0 Å². The zero-order valence-electron chi connectivity index (χ0n) is 9.40. The van der Waals surface area contributed by atoms with Gasteiger partial charge in [-0.3, -0.25) is 4.55 Å². The summed E-state index contributed by atoms with van der Waals surface area (Å²) in [6, 6.07) is 6.87. The summed E-state index contributed by atoms with van der Waals surface area (Å²) in [6.45, 7) is 0. The molecule has 1 aromatic carbocycles. The third kappa shape index (κ3) is 3.05. The number of hydrogen-bond donors (Lipinski definition) is 1. The van der Waals surface area contributed by atoms with Gasteiger partial charge in [0, 0.05) is 5.56 Å². The van der Waals surface area contributed by atoms with Gasteiger partial charge in [-0.25, -0.2) is 0 Å². The van der Waals surface area contributed by atoms with Crippen molar-refractivity contribution in [3.05, 3.63) is 30.2 Å². The van der Waals surface area contributed by atoms with Gasteiger partial charge in [-0.05, 0) is 18.2 Å². The van der Waals surface area contributed by atoms with Crippen LogP contribution in [0.5, 0.6) is 5.75 Å². The molecule has 1 N–H and O–H groups in total. The largest absolute Gasteiger partial charge is 0.497 e. The average Bonchev–Trinajstić information content (AvgIpc) is 2.75. The van der Waals surface area contributed by atoms with Gasteiger partial charge < -0.3 is 9.15 Å². The van der Waals surface area contributed by atoms with Crippen molar-refractivity contribution in [1.29, 1.82) is 0 Å². The van der Waals surface area contributed by atoms with Crippen LogP contribution in [0.4, 0.5) is 0 Å². The van der Waals surface area contributed by atoms with E-state index in [9.17, 15) is 8.42 Å². The Balaban J connectivity index is 2.29. The van der Waals surface area contributed by atoms with Crippen LogP contribution in [0.1, 0.15) is 5.89 Å². The Bertz CT molecular complexity index is 650. The van der Waals surface area contributed by atoms with Crippen LogP contribution in [0, 0.1) is 0 Å². The van der Waals surface area contributed by atoms with Gasteiger partial charge >= 0.3 is 0 Å². The van der Waals surface area contributed by atoms with Crippen molar-refractivity contribution in [2.24, 2.45) is 0 Å². The first kappa shape index (κ1) is 12.5. The lowest BCUT2D eigenvalue weighted by atomic mass is 10.2. The molecule has 0 bridgehead atoms. The summed E-state index contributed by atoms with van der Waals surface area (Å²) in [5.74, 6) is -0.103. The van der Waals surface area contributed by atoms with E-state index in [1.807, 2.05) is 0 Å². The van der Waals surface area contributed by atoms with Crippen LogP contribution in [0.3, 0.4) is 0 Å². The van der Waals surface area contributed by atoms with Gasteiger partial charge in [-0.1, -0.05) is 6.07 Å². The molecule has 0 radical (unpaired) electrons. The van der Waals surface area contributed by atoms with Crippen LogP contribution < -0.4 is 4.74 Å². The number of hydrogen-bond acceptors (Lipinski definition) is 6. The van der Waals surface area contributed by atoms with E-state index in [0.717, 1.165) is 0 Å². The second-order valence-electron chi connectivity index (χ2n) is 3.46. The molecule has 0 spiro atoms. The summed E-state index contributed by atoms with van der Waals surface area (Å²) in [5, 5.41) is 7.24. The van der Waals surface area contributed by atoms with E-state index in [1.165, 1.54) is 7.11 Å². The lowest BCUT2D eigenvalue weighted by molar-refractivity contribution is 0.414. The zero-order valence-corrected chi connectivity index (χ0v) is 10.2. The van der Waals surface area contributed by atoms with Crippen molar-refractivity contribution in [2.75, 3.05) is 7.11 Å². The lowest BCUT2D eigenvalue weighted by Gasteiger charge is -1.99. The molecule has 0 unspecified atom stereocenters. The normalized spacial score (nSPS) is 11.4. The molecule has 1 aromatic heterocycles. The van der Waals surface area contributed by atoms with Gasteiger partial charge in [0.25, 0.3) is 10.1 Å². The minimum Gasteiger partial charge on any atom is -0.497 e. The second kappa shape index (κ2) is 4.75. The molecule has 1 heterocycles. The van der Waals surface area contributed by atoms with E-state index in [1.54, 1.807) is 24.3 Å². The SMILES string of the molecule is COc1cccc(-c2nnc(CS(=O)(=O)O)o2)c1. The minimum atomic E-state index is -4.18. The van der Waals surface area contributed by atoms with Crippen LogP contribution in [0.25, 0.3) is 11.5 Å². The van der Waals surface area contributed by atoms with Crippen LogP contribution in [0.15, 0.2) is 28.7 Å². The van der Waals surface area contributed by atoms with Crippen molar-refractivity contribution in [3.63, 3.8) is 0 Å². The highest BCUT2D eigenvalue weighted by Gasteiger charge is 2.15. The third-order valence-corrected chi connectivity index (χ3v) is 2.70. The van der Waals surface area contributed by atoms with E-state index >= 15 is 0 Å². The first-order chi connectivity index (χ1) is 8.48. The topological polar surface area (TPSA) is 103 Å². The maximum atomic E-state index is 10.7. The summed E-state index contributed by atoms with van der Waals surface area (Å²) in [5.41, 5.74) is 0.600. The first-order valence-electron chi connectivity index (χ1n) is 4.90. The summed E-state index contributed by atoms with van der Waals surface area (Å²) in [7, 11) is -2.66. The van der Waals surface area contributed by atoms with Crippen molar-refractivity contribution >= 4 is 10.1 Å². The molecule has 0 aliphatic rings. The highest BCUT2D eigenvalue weighted by Crippen LogP contribution is 2.22. The maximum Gasteiger partial charge on any atom is 0.273 e. The molecule has 0 aliphatic carbocycles. The van der Waals surface area contributed by atoms with Gasteiger partial charge in [0.05, 0.1) is 7.11 Å². The summed E-state index contributed by atoms with van der Waals surface area (Å²) >= 11 is 0. The van der Waals surface area contributed by atoms with Crippen molar-refractivity contribution in [3.8, 4) is 17.2 Å². The zero-order chi connectivity index (χ0) is 13.2. The predicted molar refractivity (Wildman–Crippen MR) is 61.5 cm³/mol. The maximum absolute atomic E-state index is 10.7. The quantitative estimate of drug-likeness (QED) is 0.830. The summed E-state index contributed by atoms with van der Waals surface area (Å²) in [4.78, 5) is 0. The molecule has 0 atom stereocenters. The predicted octanol–water partition coefficient (Wildman–Crippen LogP) is 1.13. The molecule has 2 aromatic rings. The average molecular weight is 270 g/mol.